The van der Waals surface area contributed by atoms with Gasteiger partial charge in [-0.3, -0.25) is 0 Å². The van der Waals surface area contributed by atoms with Crippen molar-refractivity contribution in [2.45, 2.75) is 47.0 Å². The Morgan fingerprint density at radius 1 is 1.33 bits per heavy atom. The molecule has 0 radical (unpaired) electrons. The van der Waals surface area contributed by atoms with E-state index in [1.165, 1.54) is 34.9 Å². The van der Waals surface area contributed by atoms with Crippen LogP contribution in [0.25, 0.3) is 0 Å². The van der Waals surface area contributed by atoms with Crippen LogP contribution in [0.15, 0.2) is 33.4 Å². The summed E-state index contributed by atoms with van der Waals surface area (Å²) < 4.78 is 1.36. The van der Waals surface area contributed by atoms with Crippen LogP contribution in [0.2, 0.25) is 0 Å². The minimum Gasteiger partial charge on any atom is -0.0769 e. The van der Waals surface area contributed by atoms with Crippen LogP contribution in [0.3, 0.4) is 0 Å². The number of hydrogen-bond donors (Lipinski definition) is 0. The van der Waals surface area contributed by atoms with E-state index in [0.717, 1.165) is 0 Å². The summed E-state index contributed by atoms with van der Waals surface area (Å²) in [6.07, 6.45) is 8.39. The molecule has 0 nitrogen and oxygen atoms in total. The standard InChI is InChI=1S/C14H21Br/c1-5-14(15)13-8-6-7-12(13)11(4)9-10(2)3/h5,9,13H,6-8H2,1-4H3/b12-11+,14-5-. The minimum atomic E-state index is 0.644. The van der Waals surface area contributed by atoms with Gasteiger partial charge in [0.15, 0.2) is 0 Å². The average molecular weight is 269 g/mol. The molecule has 0 aromatic rings. The third-order valence-electron chi connectivity index (χ3n) is 2.98. The van der Waals surface area contributed by atoms with Crippen LogP contribution in [0.1, 0.15) is 47.0 Å². The first-order valence-corrected chi connectivity index (χ1v) is 6.51. The van der Waals surface area contributed by atoms with Gasteiger partial charge in [-0.1, -0.05) is 44.8 Å². The van der Waals surface area contributed by atoms with Crippen molar-refractivity contribution in [3.63, 3.8) is 0 Å². The molecule has 15 heavy (non-hydrogen) atoms. The van der Waals surface area contributed by atoms with E-state index in [1.54, 1.807) is 5.57 Å². The summed E-state index contributed by atoms with van der Waals surface area (Å²) >= 11 is 3.68. The first-order chi connectivity index (χ1) is 7.06. The molecule has 84 valence electrons. The molecule has 1 unspecified atom stereocenters. The normalized spacial score (nSPS) is 25.4. The van der Waals surface area contributed by atoms with Gasteiger partial charge < -0.3 is 0 Å². The molecule has 1 saturated carbocycles. The zero-order valence-electron chi connectivity index (χ0n) is 10.2. The van der Waals surface area contributed by atoms with Crippen molar-refractivity contribution in [1.29, 1.82) is 0 Å². The summed E-state index contributed by atoms with van der Waals surface area (Å²) in [6.45, 7) is 8.68. The molecule has 1 rings (SSSR count). The highest BCUT2D eigenvalue weighted by Crippen LogP contribution is 2.40. The van der Waals surface area contributed by atoms with E-state index in [0.29, 0.717) is 5.92 Å². The molecule has 1 fully saturated rings. The second-order valence-corrected chi connectivity index (χ2v) is 5.46. The maximum Gasteiger partial charge on any atom is 0.0117 e. The predicted molar refractivity (Wildman–Crippen MR) is 72.2 cm³/mol. The first kappa shape index (κ1) is 12.8. The number of rotatable bonds is 2. The molecule has 0 aromatic carbocycles. The van der Waals surface area contributed by atoms with Gasteiger partial charge >= 0.3 is 0 Å². The van der Waals surface area contributed by atoms with Crippen LogP contribution in [-0.2, 0) is 0 Å². The average Bonchev–Trinajstić information content (AvgIpc) is 2.63. The van der Waals surface area contributed by atoms with Crippen molar-refractivity contribution in [3.05, 3.63) is 33.4 Å². The van der Waals surface area contributed by atoms with Gasteiger partial charge in [-0.15, -0.1) is 0 Å². The van der Waals surface area contributed by atoms with Gasteiger partial charge in [0.05, 0.1) is 0 Å². The van der Waals surface area contributed by atoms with E-state index in [4.69, 9.17) is 0 Å². The van der Waals surface area contributed by atoms with E-state index >= 15 is 0 Å². The predicted octanol–water partition coefficient (Wildman–Crippen LogP) is 5.37. The van der Waals surface area contributed by atoms with E-state index < -0.39 is 0 Å². The van der Waals surface area contributed by atoms with Gasteiger partial charge in [-0.25, -0.2) is 0 Å². The second kappa shape index (κ2) is 5.69. The van der Waals surface area contributed by atoms with Gasteiger partial charge in [-0.05, 0) is 51.4 Å². The Balaban J connectivity index is 2.98. The highest BCUT2D eigenvalue weighted by Gasteiger charge is 2.23. The summed E-state index contributed by atoms with van der Waals surface area (Å²) in [5.74, 6) is 0.644. The third kappa shape index (κ3) is 3.34. The Morgan fingerprint density at radius 2 is 2.00 bits per heavy atom. The summed E-state index contributed by atoms with van der Waals surface area (Å²) in [6, 6.07) is 0. The lowest BCUT2D eigenvalue weighted by atomic mass is 9.96. The molecular formula is C14H21Br. The molecule has 0 spiro atoms. The molecule has 0 bridgehead atoms. The lowest BCUT2D eigenvalue weighted by Gasteiger charge is -2.13. The summed E-state index contributed by atoms with van der Waals surface area (Å²) in [5.41, 5.74) is 4.49. The Labute approximate surface area is 102 Å². The molecule has 1 heteroatoms. The van der Waals surface area contributed by atoms with Crippen LogP contribution in [0.5, 0.6) is 0 Å². The Bertz CT molecular complexity index is 314. The zero-order chi connectivity index (χ0) is 11.4. The molecule has 1 atom stereocenters. The maximum atomic E-state index is 3.68. The molecule has 0 N–H and O–H groups in total. The Kier molecular flexibility index (Phi) is 4.85. The Morgan fingerprint density at radius 3 is 2.53 bits per heavy atom. The SMILES string of the molecule is C/C=C(\Br)C1CCC/C1=C(/C)C=C(C)C. The van der Waals surface area contributed by atoms with Crippen LogP contribution in [-0.4, -0.2) is 0 Å². The molecule has 0 heterocycles. The number of allylic oxidation sites excluding steroid dienone is 6. The quantitative estimate of drug-likeness (QED) is 0.632. The van der Waals surface area contributed by atoms with Gasteiger partial charge in [0.1, 0.15) is 0 Å². The lowest BCUT2D eigenvalue weighted by Crippen LogP contribution is -1.98. The van der Waals surface area contributed by atoms with E-state index in [2.05, 4.69) is 55.8 Å². The van der Waals surface area contributed by atoms with Crippen LogP contribution < -0.4 is 0 Å². The smallest absolute Gasteiger partial charge is 0.0117 e. The molecular weight excluding hydrogens is 248 g/mol. The maximum absolute atomic E-state index is 3.68. The van der Waals surface area contributed by atoms with Crippen molar-refractivity contribution in [3.8, 4) is 0 Å². The van der Waals surface area contributed by atoms with Crippen molar-refractivity contribution < 1.29 is 0 Å². The second-order valence-electron chi connectivity index (χ2n) is 4.55. The van der Waals surface area contributed by atoms with E-state index in [-0.39, 0.29) is 0 Å². The molecule has 0 saturated heterocycles. The molecule has 0 aromatic heterocycles. The highest BCUT2D eigenvalue weighted by molar-refractivity contribution is 9.11. The van der Waals surface area contributed by atoms with Crippen LogP contribution in [0.4, 0.5) is 0 Å². The molecule has 1 aliphatic rings. The molecule has 1 aliphatic carbocycles. The van der Waals surface area contributed by atoms with Crippen LogP contribution >= 0.6 is 15.9 Å². The molecule has 0 aliphatic heterocycles. The minimum absolute atomic E-state index is 0.644. The van der Waals surface area contributed by atoms with Crippen molar-refractivity contribution in [1.82, 2.24) is 0 Å². The van der Waals surface area contributed by atoms with Gasteiger partial charge in [0.25, 0.3) is 0 Å². The third-order valence-corrected chi connectivity index (χ3v) is 3.99. The van der Waals surface area contributed by atoms with Crippen molar-refractivity contribution in [2.75, 3.05) is 0 Å². The van der Waals surface area contributed by atoms with Crippen LogP contribution in [0, 0.1) is 5.92 Å². The van der Waals surface area contributed by atoms with Crippen molar-refractivity contribution >= 4 is 15.9 Å². The highest BCUT2D eigenvalue weighted by atomic mass is 79.9. The number of halogens is 1. The van der Waals surface area contributed by atoms with Gasteiger partial charge in [0, 0.05) is 5.92 Å². The van der Waals surface area contributed by atoms with Crippen molar-refractivity contribution in [2.24, 2.45) is 5.92 Å². The molecule has 0 amide bonds. The van der Waals surface area contributed by atoms with Gasteiger partial charge in [-0.2, -0.15) is 0 Å². The summed E-state index contributed by atoms with van der Waals surface area (Å²) in [7, 11) is 0. The monoisotopic (exact) mass is 268 g/mol. The van der Waals surface area contributed by atoms with E-state index in [1.807, 2.05) is 0 Å². The number of hydrogen-bond acceptors (Lipinski definition) is 0. The largest absolute Gasteiger partial charge is 0.0769 e. The topological polar surface area (TPSA) is 0 Å². The van der Waals surface area contributed by atoms with Gasteiger partial charge in [0.2, 0.25) is 0 Å². The summed E-state index contributed by atoms with van der Waals surface area (Å²) in [5, 5.41) is 0. The fourth-order valence-corrected chi connectivity index (χ4v) is 2.85. The fraction of sp³-hybridized carbons (Fsp3) is 0.571. The lowest BCUT2D eigenvalue weighted by molar-refractivity contribution is 0.754. The zero-order valence-corrected chi connectivity index (χ0v) is 11.8. The Hall–Kier alpha value is -0.300. The first-order valence-electron chi connectivity index (χ1n) is 5.72. The summed E-state index contributed by atoms with van der Waals surface area (Å²) in [4.78, 5) is 0. The fourth-order valence-electron chi connectivity index (χ4n) is 2.35. The van der Waals surface area contributed by atoms with E-state index in [9.17, 15) is 0 Å².